The summed E-state index contributed by atoms with van der Waals surface area (Å²) in [5, 5.41) is 2.98. The quantitative estimate of drug-likeness (QED) is 0.671. The Balaban J connectivity index is 1.75. The summed E-state index contributed by atoms with van der Waals surface area (Å²) in [4.78, 5) is 15.8. The second-order valence-electron chi connectivity index (χ2n) is 6.55. The van der Waals surface area contributed by atoms with Crippen LogP contribution in [-0.2, 0) is 4.79 Å². The third kappa shape index (κ3) is 2.80. The average molecular weight is 344 g/mol. The maximum atomic E-state index is 12.5. The molecule has 2 N–H and O–H groups in total. The Labute approximate surface area is 152 Å². The first kappa shape index (κ1) is 16.2. The largest absolute Gasteiger partial charge is 0.497 e. The highest BCUT2D eigenvalue weighted by Gasteiger charge is 2.24. The van der Waals surface area contributed by atoms with E-state index in [1.807, 2.05) is 62.4 Å². The van der Waals surface area contributed by atoms with Gasteiger partial charge >= 0.3 is 0 Å². The van der Waals surface area contributed by atoms with Crippen LogP contribution in [0.4, 0.5) is 5.69 Å². The standard InChI is InChI=1S/C22H20N2O2/c1-13-9-14(2)23-20(13)12-19-18-8-7-16(11-21(18)24-22(19)25)15-5-4-6-17(10-15)26-3/h4-12,23H,1-3H3,(H,24,25). The van der Waals surface area contributed by atoms with Gasteiger partial charge in [-0.2, -0.15) is 0 Å². The highest BCUT2D eigenvalue weighted by atomic mass is 16.5. The molecular formula is C22H20N2O2. The SMILES string of the molecule is COc1cccc(-c2ccc3c(c2)NC(=O)C3=Cc2[nH]c(C)cc2C)c1. The number of amides is 1. The number of fused-ring (bicyclic) bond motifs is 1. The van der Waals surface area contributed by atoms with E-state index in [4.69, 9.17) is 4.74 Å². The van der Waals surface area contributed by atoms with Gasteiger partial charge in [0.05, 0.1) is 12.7 Å². The molecule has 0 saturated carbocycles. The number of aryl methyl sites for hydroxylation is 2. The van der Waals surface area contributed by atoms with Gasteiger partial charge in [0.1, 0.15) is 5.75 Å². The highest BCUT2D eigenvalue weighted by molar-refractivity contribution is 6.35. The number of carbonyl (C=O) groups excluding carboxylic acids is 1. The summed E-state index contributed by atoms with van der Waals surface area (Å²) >= 11 is 0. The molecular weight excluding hydrogens is 324 g/mol. The molecule has 26 heavy (non-hydrogen) atoms. The molecule has 1 amide bonds. The molecule has 2 aromatic carbocycles. The van der Waals surface area contributed by atoms with Crippen molar-refractivity contribution in [3.8, 4) is 16.9 Å². The van der Waals surface area contributed by atoms with E-state index in [9.17, 15) is 4.79 Å². The monoisotopic (exact) mass is 344 g/mol. The van der Waals surface area contributed by atoms with Crippen molar-refractivity contribution in [2.24, 2.45) is 0 Å². The molecule has 0 bridgehead atoms. The second kappa shape index (κ2) is 6.23. The van der Waals surface area contributed by atoms with Crippen LogP contribution < -0.4 is 10.1 Å². The number of rotatable bonds is 3. The molecule has 0 spiro atoms. The van der Waals surface area contributed by atoms with Gasteiger partial charge in [-0.3, -0.25) is 4.79 Å². The molecule has 1 aliphatic heterocycles. The van der Waals surface area contributed by atoms with Crippen LogP contribution in [-0.4, -0.2) is 18.0 Å². The van der Waals surface area contributed by atoms with Gasteiger partial charge in [0.15, 0.2) is 0 Å². The van der Waals surface area contributed by atoms with E-state index in [2.05, 4.69) is 16.4 Å². The minimum absolute atomic E-state index is 0.0746. The summed E-state index contributed by atoms with van der Waals surface area (Å²) in [6.45, 7) is 4.05. The van der Waals surface area contributed by atoms with Crippen LogP contribution in [0.5, 0.6) is 5.75 Å². The van der Waals surface area contributed by atoms with Crippen molar-refractivity contribution in [2.75, 3.05) is 12.4 Å². The summed E-state index contributed by atoms with van der Waals surface area (Å²) in [6, 6.07) is 16.0. The fourth-order valence-corrected chi connectivity index (χ4v) is 3.36. The van der Waals surface area contributed by atoms with Gasteiger partial charge in [0, 0.05) is 22.6 Å². The van der Waals surface area contributed by atoms with Crippen molar-refractivity contribution < 1.29 is 9.53 Å². The van der Waals surface area contributed by atoms with Crippen molar-refractivity contribution in [1.29, 1.82) is 0 Å². The summed E-state index contributed by atoms with van der Waals surface area (Å²) in [7, 11) is 1.66. The van der Waals surface area contributed by atoms with Gasteiger partial charge in [0.2, 0.25) is 0 Å². The zero-order chi connectivity index (χ0) is 18.3. The van der Waals surface area contributed by atoms with Crippen LogP contribution in [0.25, 0.3) is 22.8 Å². The summed E-state index contributed by atoms with van der Waals surface area (Å²) in [6.07, 6.45) is 1.93. The van der Waals surface area contributed by atoms with Crippen LogP contribution in [0.2, 0.25) is 0 Å². The predicted octanol–water partition coefficient (Wildman–Crippen LogP) is 4.80. The maximum absolute atomic E-state index is 12.5. The topological polar surface area (TPSA) is 54.1 Å². The smallest absolute Gasteiger partial charge is 0.256 e. The van der Waals surface area contributed by atoms with Crippen molar-refractivity contribution in [3.05, 3.63) is 71.0 Å². The van der Waals surface area contributed by atoms with Crippen LogP contribution in [0.15, 0.2) is 48.5 Å². The molecule has 3 aromatic rings. The molecule has 1 aliphatic rings. The lowest BCUT2D eigenvalue weighted by atomic mass is 9.99. The number of anilines is 1. The number of ether oxygens (including phenoxy) is 1. The third-order valence-corrected chi connectivity index (χ3v) is 4.68. The maximum Gasteiger partial charge on any atom is 0.256 e. The van der Waals surface area contributed by atoms with Gasteiger partial charge in [-0.05, 0) is 60.9 Å². The van der Waals surface area contributed by atoms with Crippen molar-refractivity contribution in [1.82, 2.24) is 4.98 Å². The van der Waals surface area contributed by atoms with Gasteiger partial charge in [0.25, 0.3) is 5.91 Å². The fraction of sp³-hybridized carbons (Fsp3) is 0.136. The van der Waals surface area contributed by atoms with Crippen LogP contribution in [0, 0.1) is 13.8 Å². The molecule has 0 radical (unpaired) electrons. The van der Waals surface area contributed by atoms with E-state index in [-0.39, 0.29) is 5.91 Å². The minimum atomic E-state index is -0.0746. The van der Waals surface area contributed by atoms with E-state index in [1.165, 1.54) is 0 Å². The summed E-state index contributed by atoms with van der Waals surface area (Å²) in [5.41, 5.74) is 7.71. The minimum Gasteiger partial charge on any atom is -0.497 e. The van der Waals surface area contributed by atoms with Gasteiger partial charge < -0.3 is 15.0 Å². The molecule has 130 valence electrons. The van der Waals surface area contributed by atoms with Gasteiger partial charge in [-0.15, -0.1) is 0 Å². The molecule has 0 atom stereocenters. The molecule has 0 unspecified atom stereocenters. The normalized spacial score (nSPS) is 14.4. The first-order valence-corrected chi connectivity index (χ1v) is 8.53. The average Bonchev–Trinajstić information content (AvgIpc) is 3.13. The predicted molar refractivity (Wildman–Crippen MR) is 105 cm³/mol. The van der Waals surface area contributed by atoms with Crippen molar-refractivity contribution in [2.45, 2.75) is 13.8 Å². The highest BCUT2D eigenvalue weighted by Crippen LogP contribution is 2.37. The van der Waals surface area contributed by atoms with Crippen LogP contribution in [0.3, 0.4) is 0 Å². The molecule has 4 heteroatoms. The van der Waals surface area contributed by atoms with E-state index in [0.29, 0.717) is 5.57 Å². The lowest BCUT2D eigenvalue weighted by Gasteiger charge is -2.07. The Morgan fingerprint density at radius 3 is 2.54 bits per heavy atom. The molecule has 0 fully saturated rings. The number of aromatic amines is 1. The Hall–Kier alpha value is -3.27. The number of benzene rings is 2. The van der Waals surface area contributed by atoms with E-state index >= 15 is 0 Å². The number of hydrogen-bond donors (Lipinski definition) is 2. The summed E-state index contributed by atoms with van der Waals surface area (Å²) < 4.78 is 5.30. The van der Waals surface area contributed by atoms with E-state index in [1.54, 1.807) is 7.11 Å². The number of H-pyrrole nitrogens is 1. The first-order chi connectivity index (χ1) is 12.5. The molecule has 4 rings (SSSR count). The van der Waals surface area contributed by atoms with E-state index in [0.717, 1.165) is 45.1 Å². The molecule has 0 saturated heterocycles. The number of carbonyl (C=O) groups is 1. The molecule has 0 aliphatic carbocycles. The van der Waals surface area contributed by atoms with E-state index < -0.39 is 0 Å². The number of methoxy groups -OCH3 is 1. The molecule has 2 heterocycles. The number of aromatic nitrogens is 1. The Morgan fingerprint density at radius 2 is 1.81 bits per heavy atom. The zero-order valence-corrected chi connectivity index (χ0v) is 15.0. The lowest BCUT2D eigenvalue weighted by molar-refractivity contribution is -0.110. The zero-order valence-electron chi connectivity index (χ0n) is 15.0. The second-order valence-corrected chi connectivity index (χ2v) is 6.55. The Kier molecular flexibility index (Phi) is 3.88. The van der Waals surface area contributed by atoms with Gasteiger partial charge in [-0.25, -0.2) is 0 Å². The van der Waals surface area contributed by atoms with Crippen LogP contribution in [0.1, 0.15) is 22.5 Å². The van der Waals surface area contributed by atoms with Crippen LogP contribution >= 0.6 is 0 Å². The third-order valence-electron chi connectivity index (χ3n) is 4.68. The Morgan fingerprint density at radius 1 is 1.00 bits per heavy atom. The fourth-order valence-electron chi connectivity index (χ4n) is 3.36. The van der Waals surface area contributed by atoms with Crippen molar-refractivity contribution >= 4 is 23.2 Å². The first-order valence-electron chi connectivity index (χ1n) is 8.53. The van der Waals surface area contributed by atoms with Gasteiger partial charge in [-0.1, -0.05) is 24.3 Å². The Bertz CT molecular complexity index is 1040. The number of hydrogen-bond acceptors (Lipinski definition) is 2. The lowest BCUT2D eigenvalue weighted by Crippen LogP contribution is -2.03. The van der Waals surface area contributed by atoms with Crippen molar-refractivity contribution in [3.63, 3.8) is 0 Å². The number of nitrogens with one attached hydrogen (secondary N) is 2. The summed E-state index contributed by atoms with van der Waals surface area (Å²) in [5.74, 6) is 0.736. The molecule has 4 nitrogen and oxygen atoms in total. The molecule has 1 aromatic heterocycles.